The first-order valence-corrected chi connectivity index (χ1v) is 12.9. The van der Waals surface area contributed by atoms with E-state index in [-0.39, 0.29) is 62.9 Å². The number of allylic oxidation sites excluding steroid dienone is 2. The second-order valence-corrected chi connectivity index (χ2v) is 10.4. The van der Waals surface area contributed by atoms with Crippen molar-refractivity contribution in [2.24, 2.45) is 0 Å². The molecule has 2 unspecified atom stereocenters. The maximum Gasteiger partial charge on any atom is 4.00 e. The van der Waals surface area contributed by atoms with Crippen LogP contribution in [0.2, 0.25) is 0 Å². The van der Waals surface area contributed by atoms with Gasteiger partial charge in [-0.05, 0) is 23.9 Å². The zero-order valence-electron chi connectivity index (χ0n) is 19.9. The van der Waals surface area contributed by atoms with E-state index in [1.54, 1.807) is 0 Å². The molecular formula is C31H21Br2Cl2NZr. The number of halogens is 4. The van der Waals surface area contributed by atoms with Gasteiger partial charge in [-0.15, -0.1) is 22.8 Å². The van der Waals surface area contributed by atoms with Crippen LogP contribution in [-0.2, 0) is 26.2 Å². The number of hydrogen-bond acceptors (Lipinski definition) is 1. The van der Waals surface area contributed by atoms with Crippen molar-refractivity contribution in [1.29, 1.82) is 0 Å². The van der Waals surface area contributed by atoms with Crippen LogP contribution in [0.15, 0.2) is 93.9 Å². The minimum absolute atomic E-state index is 0. The molecule has 37 heavy (non-hydrogen) atoms. The smallest absolute Gasteiger partial charge is 1.00 e. The Morgan fingerprint density at radius 2 is 1.27 bits per heavy atom. The number of anilines is 2. The van der Waals surface area contributed by atoms with Gasteiger partial charge in [0.1, 0.15) is 0 Å². The topological polar surface area (TPSA) is 3.24 Å². The average Bonchev–Trinajstić information content (AvgIpc) is 3.52. The molecule has 2 atom stereocenters. The molecule has 4 aliphatic rings. The predicted octanol–water partition coefficient (Wildman–Crippen LogP) is 2.91. The summed E-state index contributed by atoms with van der Waals surface area (Å²) in [5.41, 5.74) is 10.3. The second-order valence-electron chi connectivity index (χ2n) is 8.69. The predicted molar refractivity (Wildman–Crippen MR) is 148 cm³/mol. The van der Waals surface area contributed by atoms with Crippen LogP contribution in [0, 0.1) is 12.2 Å². The zero-order chi connectivity index (χ0) is 23.2. The van der Waals surface area contributed by atoms with Gasteiger partial charge in [0, 0.05) is 21.7 Å². The first kappa shape index (κ1) is 30.1. The number of nitrogens with zero attached hydrogens (tertiary/aromatic N) is 1. The van der Waals surface area contributed by atoms with Gasteiger partial charge in [-0.2, -0.15) is 5.56 Å². The minimum atomic E-state index is 0. The summed E-state index contributed by atoms with van der Waals surface area (Å²) in [6, 6.07) is 29.9. The van der Waals surface area contributed by atoms with Gasteiger partial charge in [0.05, 0.1) is 0 Å². The summed E-state index contributed by atoms with van der Waals surface area (Å²) in [5.74, 6) is 0.529. The summed E-state index contributed by atoms with van der Waals surface area (Å²) in [4.78, 5) is 2.24. The molecule has 0 fully saturated rings. The molecule has 0 saturated carbocycles. The van der Waals surface area contributed by atoms with Crippen LogP contribution in [0.4, 0.5) is 11.4 Å². The van der Waals surface area contributed by atoms with E-state index in [1.807, 2.05) is 6.07 Å². The molecule has 2 heterocycles. The Morgan fingerprint density at radius 1 is 0.649 bits per heavy atom. The van der Waals surface area contributed by atoms with Crippen LogP contribution in [0.3, 0.4) is 0 Å². The van der Waals surface area contributed by atoms with Crippen molar-refractivity contribution in [3.8, 4) is 0 Å². The summed E-state index contributed by atoms with van der Waals surface area (Å²) in [6.45, 7) is 0. The Kier molecular flexibility index (Phi) is 10.3. The number of hydrogen-bond donors (Lipinski definition) is 0. The van der Waals surface area contributed by atoms with Crippen LogP contribution in [0.1, 0.15) is 45.2 Å². The minimum Gasteiger partial charge on any atom is -1.00 e. The molecule has 4 aromatic rings. The molecule has 4 aromatic carbocycles. The monoisotopic (exact) mass is 725 g/mol. The van der Waals surface area contributed by atoms with E-state index < -0.39 is 0 Å². The maximum atomic E-state index is 3.68. The Labute approximate surface area is 267 Å². The molecular weight excluding hydrogens is 708 g/mol. The normalized spacial score (nSPS) is 16.7. The van der Waals surface area contributed by atoms with Crippen molar-refractivity contribution >= 4 is 55.4 Å². The van der Waals surface area contributed by atoms with E-state index in [4.69, 9.17) is 0 Å². The third-order valence-electron chi connectivity index (χ3n) is 6.78. The van der Waals surface area contributed by atoms with Gasteiger partial charge in [-0.25, -0.2) is 12.2 Å². The molecule has 0 N–H and O–H groups in total. The summed E-state index contributed by atoms with van der Waals surface area (Å²) < 4.78 is 2.34. The summed E-state index contributed by atoms with van der Waals surface area (Å²) >= 11 is 7.31. The van der Waals surface area contributed by atoms with Gasteiger partial charge in [0.15, 0.2) is 0 Å². The Hall–Kier alpha value is -1.42. The molecule has 6 bridgehead atoms. The molecule has 2 aliphatic heterocycles. The fourth-order valence-corrected chi connectivity index (χ4v) is 6.21. The SMILES string of the molecule is Brc1cccc2c1C(c1ccccc1)[C-]=C2.CN1c2ccc(cc2)C2[C-]=Cc3c1ccc(Br)c32.[Cl-].[Cl-].[Zr+4]. The van der Waals surface area contributed by atoms with Crippen molar-refractivity contribution in [2.75, 3.05) is 11.9 Å². The quantitative estimate of drug-likeness (QED) is 0.273. The van der Waals surface area contributed by atoms with Crippen molar-refractivity contribution in [1.82, 2.24) is 0 Å². The van der Waals surface area contributed by atoms with Crippen LogP contribution in [-0.4, -0.2) is 7.05 Å². The summed E-state index contributed by atoms with van der Waals surface area (Å²) in [7, 11) is 2.12. The van der Waals surface area contributed by atoms with Crippen LogP contribution in [0.25, 0.3) is 12.2 Å². The summed E-state index contributed by atoms with van der Waals surface area (Å²) in [6.07, 6.45) is 11.1. The summed E-state index contributed by atoms with van der Waals surface area (Å²) in [5, 5.41) is 0. The maximum absolute atomic E-state index is 3.68. The van der Waals surface area contributed by atoms with Gasteiger partial charge < -0.3 is 29.7 Å². The van der Waals surface area contributed by atoms with Crippen molar-refractivity contribution in [3.05, 3.63) is 139 Å². The molecule has 2 aliphatic carbocycles. The number of rotatable bonds is 1. The van der Waals surface area contributed by atoms with E-state index >= 15 is 0 Å². The molecule has 1 nitrogen and oxygen atoms in total. The molecule has 0 saturated heterocycles. The molecule has 0 amide bonds. The van der Waals surface area contributed by atoms with Crippen molar-refractivity contribution in [2.45, 2.75) is 11.8 Å². The largest absolute Gasteiger partial charge is 4.00 e. The van der Waals surface area contributed by atoms with E-state index in [2.05, 4.69) is 147 Å². The van der Waals surface area contributed by atoms with Crippen LogP contribution in [0.5, 0.6) is 0 Å². The zero-order valence-corrected chi connectivity index (χ0v) is 27.0. The fourth-order valence-electron chi connectivity index (χ4n) is 5.03. The third-order valence-corrected chi connectivity index (χ3v) is 8.17. The first-order valence-electron chi connectivity index (χ1n) is 11.3. The van der Waals surface area contributed by atoms with Crippen molar-refractivity contribution in [3.63, 3.8) is 0 Å². The van der Waals surface area contributed by atoms with E-state index in [0.717, 1.165) is 0 Å². The van der Waals surface area contributed by atoms with E-state index in [0.29, 0.717) is 0 Å². The van der Waals surface area contributed by atoms with E-state index in [9.17, 15) is 0 Å². The van der Waals surface area contributed by atoms with Gasteiger partial charge in [0.25, 0.3) is 0 Å². The molecule has 0 aromatic heterocycles. The molecule has 8 rings (SSSR count). The van der Waals surface area contributed by atoms with Crippen LogP contribution < -0.4 is 29.7 Å². The first-order chi connectivity index (χ1) is 16.6. The fraction of sp³-hybridized carbons (Fsp3) is 0.0968. The van der Waals surface area contributed by atoms with Gasteiger partial charge >= 0.3 is 26.2 Å². The van der Waals surface area contributed by atoms with Crippen molar-refractivity contribution < 1.29 is 51.0 Å². The Balaban J connectivity index is 0.000000191. The van der Waals surface area contributed by atoms with Gasteiger partial charge in [0.2, 0.25) is 0 Å². The number of fused-ring (bicyclic) bond motifs is 3. The molecule has 0 spiro atoms. The molecule has 6 heteroatoms. The van der Waals surface area contributed by atoms with Gasteiger partial charge in [-0.1, -0.05) is 115 Å². The van der Waals surface area contributed by atoms with Crippen LogP contribution >= 0.6 is 31.9 Å². The Morgan fingerprint density at radius 3 is 2.00 bits per heavy atom. The third kappa shape index (κ3) is 5.52. The molecule has 0 radical (unpaired) electrons. The Bertz CT molecular complexity index is 1450. The second kappa shape index (κ2) is 12.6. The standard InChI is InChI=1S/C16H11BrN.C15H10Br.2ClH.Zr/c1-18-11-4-2-10(3-5-11)12-6-7-13-15(18)9-8-14(17)16(12)13;16-14-8-4-7-12-9-10-13(15(12)14)11-5-2-1-3-6-11;;;/h2-5,7-9,12H,1H3;1-9,13H;2*1H;/q2*-1;;;+4/p-2. The van der Waals surface area contributed by atoms with Gasteiger partial charge in [-0.3, -0.25) is 12.2 Å². The number of benzene rings is 4. The van der Waals surface area contributed by atoms with E-state index in [1.165, 1.54) is 53.7 Å². The average molecular weight is 729 g/mol. The molecule has 182 valence electrons.